The molecule has 0 radical (unpaired) electrons. The van der Waals surface area contributed by atoms with E-state index in [9.17, 15) is 4.79 Å². The van der Waals surface area contributed by atoms with Crippen molar-refractivity contribution in [1.29, 1.82) is 0 Å². The van der Waals surface area contributed by atoms with Gasteiger partial charge in [-0.1, -0.05) is 12.1 Å². The summed E-state index contributed by atoms with van der Waals surface area (Å²) in [5.74, 6) is 2.09. The van der Waals surface area contributed by atoms with E-state index in [0.29, 0.717) is 23.1 Å². The van der Waals surface area contributed by atoms with E-state index in [0.717, 1.165) is 11.4 Å². The van der Waals surface area contributed by atoms with E-state index in [2.05, 4.69) is 20.6 Å². The number of aromatic nitrogens is 2. The Labute approximate surface area is 170 Å². The van der Waals surface area contributed by atoms with Crippen LogP contribution in [0.4, 0.5) is 17.2 Å². The molecule has 0 bridgehead atoms. The SMILES string of the molecule is COc1ccccc1Nc1cc(C(=O)Nc2ccc(OC(C)C)cc2)nc(C)n1. The number of nitrogens with zero attached hydrogens (tertiary/aromatic N) is 2. The topological polar surface area (TPSA) is 85.4 Å². The van der Waals surface area contributed by atoms with E-state index in [-0.39, 0.29) is 17.7 Å². The maximum Gasteiger partial charge on any atom is 0.274 e. The van der Waals surface area contributed by atoms with Crippen LogP contribution in [-0.4, -0.2) is 29.1 Å². The number of hydrogen-bond donors (Lipinski definition) is 2. The van der Waals surface area contributed by atoms with Crippen LogP contribution < -0.4 is 20.1 Å². The van der Waals surface area contributed by atoms with Gasteiger partial charge in [-0.15, -0.1) is 0 Å². The van der Waals surface area contributed by atoms with Crippen LogP contribution in [0.5, 0.6) is 11.5 Å². The van der Waals surface area contributed by atoms with Crippen LogP contribution >= 0.6 is 0 Å². The number of para-hydroxylation sites is 2. The van der Waals surface area contributed by atoms with Gasteiger partial charge in [-0.3, -0.25) is 4.79 Å². The number of aryl methyl sites for hydroxylation is 1. The van der Waals surface area contributed by atoms with Gasteiger partial charge in [-0.05, 0) is 57.2 Å². The van der Waals surface area contributed by atoms with E-state index in [1.807, 2.05) is 50.2 Å². The Kier molecular flexibility index (Phi) is 6.29. The van der Waals surface area contributed by atoms with Crippen molar-refractivity contribution in [2.45, 2.75) is 26.9 Å². The summed E-state index contributed by atoms with van der Waals surface area (Å²) in [5, 5.41) is 6.02. The molecule has 2 N–H and O–H groups in total. The van der Waals surface area contributed by atoms with Gasteiger partial charge in [0.25, 0.3) is 5.91 Å². The summed E-state index contributed by atoms with van der Waals surface area (Å²) in [6, 6.07) is 16.3. The standard InChI is InChI=1S/C22H24N4O3/c1-14(2)29-17-11-9-16(10-12-17)25-22(27)19-13-21(24-15(3)23-19)26-18-7-5-6-8-20(18)28-4/h5-14H,1-4H3,(H,25,27)(H,23,24,26). The second-order valence-corrected chi connectivity index (χ2v) is 6.66. The minimum absolute atomic E-state index is 0.0913. The van der Waals surface area contributed by atoms with Gasteiger partial charge in [0.15, 0.2) is 0 Å². The molecule has 0 fully saturated rings. The molecule has 0 aliphatic heterocycles. The normalized spacial score (nSPS) is 10.5. The molecule has 0 atom stereocenters. The zero-order valence-electron chi connectivity index (χ0n) is 16.9. The summed E-state index contributed by atoms with van der Waals surface area (Å²) < 4.78 is 11.0. The monoisotopic (exact) mass is 392 g/mol. The predicted molar refractivity (Wildman–Crippen MR) is 113 cm³/mol. The number of methoxy groups -OCH3 is 1. The predicted octanol–water partition coefficient (Wildman–Crippen LogP) is 4.58. The minimum atomic E-state index is -0.323. The van der Waals surface area contributed by atoms with E-state index in [4.69, 9.17) is 9.47 Å². The van der Waals surface area contributed by atoms with Crippen molar-refractivity contribution in [3.8, 4) is 11.5 Å². The van der Waals surface area contributed by atoms with Gasteiger partial charge >= 0.3 is 0 Å². The highest BCUT2D eigenvalue weighted by Crippen LogP contribution is 2.26. The number of carbonyl (C=O) groups excluding carboxylic acids is 1. The fourth-order valence-corrected chi connectivity index (χ4v) is 2.72. The molecule has 7 nitrogen and oxygen atoms in total. The highest BCUT2D eigenvalue weighted by Gasteiger charge is 2.12. The van der Waals surface area contributed by atoms with Crippen LogP contribution in [0.2, 0.25) is 0 Å². The average Bonchev–Trinajstić information content (AvgIpc) is 2.69. The lowest BCUT2D eigenvalue weighted by Gasteiger charge is -2.12. The molecule has 150 valence electrons. The van der Waals surface area contributed by atoms with E-state index in [1.165, 1.54) is 0 Å². The molecule has 3 rings (SSSR count). The molecule has 3 aromatic rings. The van der Waals surface area contributed by atoms with Crippen LogP contribution in [0.25, 0.3) is 0 Å². The first-order chi connectivity index (χ1) is 13.9. The summed E-state index contributed by atoms with van der Waals surface area (Å²) in [4.78, 5) is 21.3. The third kappa shape index (κ3) is 5.44. The van der Waals surface area contributed by atoms with Crippen LogP contribution in [0.15, 0.2) is 54.6 Å². The number of carbonyl (C=O) groups is 1. The smallest absolute Gasteiger partial charge is 0.274 e. The third-order valence-corrected chi connectivity index (χ3v) is 3.92. The molecule has 0 spiro atoms. The van der Waals surface area contributed by atoms with Crippen molar-refractivity contribution < 1.29 is 14.3 Å². The van der Waals surface area contributed by atoms with Gasteiger partial charge in [0.2, 0.25) is 0 Å². The van der Waals surface area contributed by atoms with E-state index < -0.39 is 0 Å². The van der Waals surface area contributed by atoms with Crippen LogP contribution in [0, 0.1) is 6.92 Å². The summed E-state index contributed by atoms with van der Waals surface area (Å²) in [5.41, 5.74) is 1.67. The van der Waals surface area contributed by atoms with Crippen molar-refractivity contribution in [3.63, 3.8) is 0 Å². The minimum Gasteiger partial charge on any atom is -0.495 e. The van der Waals surface area contributed by atoms with Gasteiger partial charge in [0.1, 0.15) is 28.8 Å². The van der Waals surface area contributed by atoms with Crippen LogP contribution in [0.1, 0.15) is 30.2 Å². The fraction of sp³-hybridized carbons (Fsp3) is 0.227. The molecule has 0 aliphatic rings. The van der Waals surface area contributed by atoms with Gasteiger partial charge in [0.05, 0.1) is 18.9 Å². The molecule has 2 aromatic carbocycles. The van der Waals surface area contributed by atoms with Gasteiger partial charge in [-0.25, -0.2) is 9.97 Å². The molecule has 29 heavy (non-hydrogen) atoms. The molecule has 1 aromatic heterocycles. The number of benzene rings is 2. The van der Waals surface area contributed by atoms with E-state index >= 15 is 0 Å². The Morgan fingerprint density at radius 3 is 2.45 bits per heavy atom. The second-order valence-electron chi connectivity index (χ2n) is 6.66. The highest BCUT2D eigenvalue weighted by molar-refractivity contribution is 6.03. The largest absolute Gasteiger partial charge is 0.495 e. The van der Waals surface area contributed by atoms with Gasteiger partial charge in [0, 0.05) is 11.8 Å². The Hall–Kier alpha value is -3.61. The fourth-order valence-electron chi connectivity index (χ4n) is 2.72. The number of amides is 1. The summed E-state index contributed by atoms with van der Waals surface area (Å²) in [6.45, 7) is 5.66. The lowest BCUT2D eigenvalue weighted by Crippen LogP contribution is -2.15. The van der Waals surface area contributed by atoms with Crippen molar-refractivity contribution in [2.24, 2.45) is 0 Å². The lowest BCUT2D eigenvalue weighted by atomic mass is 10.2. The van der Waals surface area contributed by atoms with Crippen LogP contribution in [0.3, 0.4) is 0 Å². The molecular formula is C22H24N4O3. The Morgan fingerprint density at radius 1 is 1.03 bits per heavy atom. The van der Waals surface area contributed by atoms with Gasteiger partial charge in [-0.2, -0.15) is 0 Å². The molecule has 0 saturated carbocycles. The van der Waals surface area contributed by atoms with Crippen molar-refractivity contribution in [1.82, 2.24) is 9.97 Å². The number of anilines is 3. The van der Waals surface area contributed by atoms with Gasteiger partial charge < -0.3 is 20.1 Å². The zero-order valence-corrected chi connectivity index (χ0v) is 16.9. The first-order valence-electron chi connectivity index (χ1n) is 9.28. The first-order valence-corrected chi connectivity index (χ1v) is 9.28. The number of hydrogen-bond acceptors (Lipinski definition) is 6. The molecular weight excluding hydrogens is 368 g/mol. The molecule has 7 heteroatoms. The van der Waals surface area contributed by atoms with Crippen LogP contribution in [-0.2, 0) is 0 Å². The average molecular weight is 392 g/mol. The number of ether oxygens (including phenoxy) is 2. The highest BCUT2D eigenvalue weighted by atomic mass is 16.5. The Balaban J connectivity index is 1.75. The number of rotatable bonds is 7. The van der Waals surface area contributed by atoms with Crippen molar-refractivity contribution >= 4 is 23.1 Å². The second kappa shape index (κ2) is 9.05. The Morgan fingerprint density at radius 2 is 1.76 bits per heavy atom. The molecule has 0 aliphatic carbocycles. The first kappa shape index (κ1) is 20.1. The third-order valence-electron chi connectivity index (χ3n) is 3.92. The zero-order chi connectivity index (χ0) is 20.8. The summed E-state index contributed by atoms with van der Waals surface area (Å²) in [7, 11) is 1.60. The van der Waals surface area contributed by atoms with E-state index in [1.54, 1.807) is 32.2 Å². The summed E-state index contributed by atoms with van der Waals surface area (Å²) in [6.07, 6.45) is 0.0913. The molecule has 0 saturated heterocycles. The number of nitrogens with one attached hydrogen (secondary N) is 2. The maximum absolute atomic E-state index is 12.7. The maximum atomic E-state index is 12.7. The lowest BCUT2D eigenvalue weighted by molar-refractivity contribution is 0.102. The van der Waals surface area contributed by atoms with Crippen molar-refractivity contribution in [3.05, 3.63) is 66.1 Å². The summed E-state index contributed by atoms with van der Waals surface area (Å²) >= 11 is 0. The molecule has 0 unspecified atom stereocenters. The molecule has 1 amide bonds. The van der Waals surface area contributed by atoms with Crippen molar-refractivity contribution in [2.75, 3.05) is 17.7 Å². The Bertz CT molecular complexity index is 988. The molecule has 1 heterocycles. The quantitative estimate of drug-likeness (QED) is 0.612.